The molecule has 1 atom stereocenters. The van der Waals surface area contributed by atoms with Gasteiger partial charge in [0.05, 0.1) is 16.6 Å². The average molecular weight is 276 g/mol. The van der Waals surface area contributed by atoms with Gasteiger partial charge in [0.2, 0.25) is 0 Å². The molecule has 0 bridgehead atoms. The van der Waals surface area contributed by atoms with Crippen molar-refractivity contribution in [1.82, 2.24) is 9.55 Å². The van der Waals surface area contributed by atoms with E-state index < -0.39 is 17.1 Å². The summed E-state index contributed by atoms with van der Waals surface area (Å²) in [5.41, 5.74) is -0.809. The van der Waals surface area contributed by atoms with Crippen molar-refractivity contribution in [2.45, 2.75) is 26.8 Å². The Morgan fingerprint density at radius 2 is 2.10 bits per heavy atom. The number of fused-ring (bicyclic) bond motifs is 1. The van der Waals surface area contributed by atoms with Crippen molar-refractivity contribution in [2.75, 3.05) is 0 Å². The summed E-state index contributed by atoms with van der Waals surface area (Å²) in [6, 6.07) is 4.56. The predicted molar refractivity (Wildman–Crippen MR) is 75.2 cm³/mol. The summed E-state index contributed by atoms with van der Waals surface area (Å²) < 4.78 is 1.27. The molecule has 0 aliphatic carbocycles. The van der Waals surface area contributed by atoms with E-state index in [0.29, 0.717) is 12.1 Å². The maximum atomic E-state index is 12.0. The lowest BCUT2D eigenvalue weighted by Crippen LogP contribution is -2.38. The van der Waals surface area contributed by atoms with Crippen LogP contribution in [-0.4, -0.2) is 20.6 Å². The molecule has 20 heavy (non-hydrogen) atoms. The lowest BCUT2D eigenvalue weighted by molar-refractivity contribution is 0.0698. The van der Waals surface area contributed by atoms with E-state index in [1.165, 1.54) is 10.6 Å². The molecule has 6 nitrogen and oxygen atoms in total. The first kappa shape index (κ1) is 14.0. The Hall–Kier alpha value is -2.37. The molecule has 2 N–H and O–H groups in total. The quantitative estimate of drug-likeness (QED) is 0.826. The predicted octanol–water partition coefficient (Wildman–Crippen LogP) is 1.43. The number of carboxylic acid groups (broad SMARTS) is 1. The van der Waals surface area contributed by atoms with Gasteiger partial charge in [0, 0.05) is 6.54 Å². The van der Waals surface area contributed by atoms with Crippen molar-refractivity contribution in [3.05, 3.63) is 44.5 Å². The Balaban J connectivity index is 2.87. The largest absolute Gasteiger partial charge is 0.478 e. The second kappa shape index (κ2) is 5.32. The molecule has 0 radical (unpaired) electrons. The Kier molecular flexibility index (Phi) is 3.74. The molecule has 0 amide bonds. The minimum atomic E-state index is -1.13. The highest BCUT2D eigenvalue weighted by Crippen LogP contribution is 2.16. The van der Waals surface area contributed by atoms with Gasteiger partial charge in [-0.1, -0.05) is 26.3 Å². The fourth-order valence-electron chi connectivity index (χ4n) is 2.12. The van der Waals surface area contributed by atoms with Crippen LogP contribution in [0.4, 0.5) is 0 Å². The van der Waals surface area contributed by atoms with Crippen LogP contribution in [0.15, 0.2) is 27.8 Å². The number of carboxylic acids is 1. The van der Waals surface area contributed by atoms with E-state index in [0.717, 1.165) is 6.42 Å². The minimum absolute atomic E-state index is 0.0131. The highest BCUT2D eigenvalue weighted by molar-refractivity contribution is 6.00. The van der Waals surface area contributed by atoms with Crippen molar-refractivity contribution in [3.8, 4) is 0 Å². The summed E-state index contributed by atoms with van der Waals surface area (Å²) in [5.74, 6) is -0.959. The molecule has 2 aromatic rings. The monoisotopic (exact) mass is 276 g/mol. The molecule has 0 saturated heterocycles. The lowest BCUT2D eigenvalue weighted by Gasteiger charge is -2.15. The number of para-hydroxylation sites is 1. The van der Waals surface area contributed by atoms with E-state index >= 15 is 0 Å². The van der Waals surface area contributed by atoms with Gasteiger partial charge in [0.15, 0.2) is 0 Å². The van der Waals surface area contributed by atoms with Gasteiger partial charge in [-0.05, 0) is 18.1 Å². The molecule has 1 heterocycles. The molecule has 0 aliphatic rings. The molecule has 1 aromatic carbocycles. The van der Waals surface area contributed by atoms with Gasteiger partial charge in [-0.2, -0.15) is 0 Å². The summed E-state index contributed by atoms with van der Waals surface area (Å²) in [6.45, 7) is 4.24. The van der Waals surface area contributed by atoms with Crippen LogP contribution in [-0.2, 0) is 6.54 Å². The molecule has 0 saturated carbocycles. The Labute approximate surface area is 114 Å². The van der Waals surface area contributed by atoms with Crippen LogP contribution in [0, 0.1) is 5.92 Å². The van der Waals surface area contributed by atoms with Gasteiger partial charge in [-0.25, -0.2) is 4.79 Å². The first-order valence-electron chi connectivity index (χ1n) is 6.44. The minimum Gasteiger partial charge on any atom is -0.478 e. The number of H-pyrrole nitrogens is 1. The SMILES string of the molecule is CCC(C)Cn1c(=O)c(=O)[nH]c2cccc(C(=O)O)c21. The number of nitrogens with one attached hydrogen (secondary N) is 1. The topological polar surface area (TPSA) is 92.2 Å². The zero-order chi connectivity index (χ0) is 14.9. The summed E-state index contributed by atoms with van der Waals surface area (Å²) in [7, 11) is 0. The van der Waals surface area contributed by atoms with Gasteiger partial charge in [0.1, 0.15) is 0 Å². The Bertz CT molecular complexity index is 773. The molecule has 2 rings (SSSR count). The third kappa shape index (κ3) is 2.36. The molecular formula is C14H16N2O4. The molecule has 0 spiro atoms. The van der Waals surface area contributed by atoms with Gasteiger partial charge < -0.3 is 14.7 Å². The second-order valence-corrected chi connectivity index (χ2v) is 4.89. The normalized spacial score (nSPS) is 12.5. The van der Waals surface area contributed by atoms with Crippen molar-refractivity contribution in [1.29, 1.82) is 0 Å². The third-order valence-corrected chi connectivity index (χ3v) is 3.42. The van der Waals surface area contributed by atoms with Crippen LogP contribution in [0.5, 0.6) is 0 Å². The number of rotatable bonds is 4. The van der Waals surface area contributed by atoms with Crippen LogP contribution < -0.4 is 11.1 Å². The van der Waals surface area contributed by atoms with E-state index in [9.17, 15) is 19.5 Å². The number of hydrogen-bond acceptors (Lipinski definition) is 3. The van der Waals surface area contributed by atoms with Gasteiger partial charge in [0.25, 0.3) is 0 Å². The molecule has 0 fully saturated rings. The summed E-state index contributed by atoms with van der Waals surface area (Å²) in [4.78, 5) is 37.4. The zero-order valence-electron chi connectivity index (χ0n) is 11.3. The first-order valence-corrected chi connectivity index (χ1v) is 6.44. The van der Waals surface area contributed by atoms with Crippen molar-refractivity contribution in [2.24, 2.45) is 5.92 Å². The standard InChI is InChI=1S/C14H16N2O4/c1-3-8(2)7-16-11-9(14(19)20)5-4-6-10(11)15-12(17)13(16)18/h4-6,8H,3,7H2,1-2H3,(H,15,17)(H,19,20). The summed E-state index contributed by atoms with van der Waals surface area (Å²) in [6.07, 6.45) is 0.829. The van der Waals surface area contributed by atoms with Crippen molar-refractivity contribution in [3.63, 3.8) is 0 Å². The molecule has 6 heteroatoms. The van der Waals surface area contributed by atoms with Gasteiger partial charge >= 0.3 is 17.1 Å². The van der Waals surface area contributed by atoms with Gasteiger partial charge in [-0.15, -0.1) is 0 Å². The fourth-order valence-corrected chi connectivity index (χ4v) is 2.12. The smallest absolute Gasteiger partial charge is 0.337 e. The lowest BCUT2D eigenvalue weighted by atomic mass is 10.1. The van der Waals surface area contributed by atoms with Crippen LogP contribution in [0.3, 0.4) is 0 Å². The number of nitrogens with zero attached hydrogens (tertiary/aromatic N) is 1. The molecule has 1 unspecified atom stereocenters. The summed E-state index contributed by atoms with van der Waals surface area (Å²) in [5, 5.41) is 9.25. The Morgan fingerprint density at radius 3 is 2.70 bits per heavy atom. The number of aromatic amines is 1. The van der Waals surface area contributed by atoms with E-state index in [4.69, 9.17) is 0 Å². The molecule has 106 valence electrons. The van der Waals surface area contributed by atoms with Crippen LogP contribution in [0.2, 0.25) is 0 Å². The maximum absolute atomic E-state index is 12.0. The number of carbonyl (C=O) groups is 1. The van der Waals surface area contributed by atoms with Crippen LogP contribution in [0.25, 0.3) is 11.0 Å². The average Bonchev–Trinajstić information content (AvgIpc) is 2.42. The zero-order valence-corrected chi connectivity index (χ0v) is 11.3. The summed E-state index contributed by atoms with van der Waals surface area (Å²) >= 11 is 0. The second-order valence-electron chi connectivity index (χ2n) is 4.89. The van der Waals surface area contributed by atoms with E-state index in [-0.39, 0.29) is 17.0 Å². The van der Waals surface area contributed by atoms with Crippen molar-refractivity contribution >= 4 is 17.0 Å². The van der Waals surface area contributed by atoms with E-state index in [2.05, 4.69) is 4.98 Å². The van der Waals surface area contributed by atoms with Crippen molar-refractivity contribution < 1.29 is 9.90 Å². The molecule has 1 aromatic heterocycles. The number of aromatic carboxylic acids is 1. The molecule has 0 aliphatic heterocycles. The highest BCUT2D eigenvalue weighted by Gasteiger charge is 2.16. The number of hydrogen-bond donors (Lipinski definition) is 2. The van der Waals surface area contributed by atoms with E-state index in [1.807, 2.05) is 13.8 Å². The number of benzene rings is 1. The highest BCUT2D eigenvalue weighted by atomic mass is 16.4. The third-order valence-electron chi connectivity index (χ3n) is 3.42. The van der Waals surface area contributed by atoms with Crippen LogP contribution >= 0.6 is 0 Å². The van der Waals surface area contributed by atoms with E-state index in [1.54, 1.807) is 12.1 Å². The maximum Gasteiger partial charge on any atom is 0.337 e. The Morgan fingerprint density at radius 1 is 1.40 bits per heavy atom. The van der Waals surface area contributed by atoms with Gasteiger partial charge in [-0.3, -0.25) is 9.59 Å². The first-order chi connectivity index (χ1) is 9.45. The molecular weight excluding hydrogens is 260 g/mol. The van der Waals surface area contributed by atoms with Crippen LogP contribution in [0.1, 0.15) is 30.6 Å². The fraction of sp³-hybridized carbons (Fsp3) is 0.357. The number of aromatic nitrogens is 2.